The van der Waals surface area contributed by atoms with E-state index in [0.717, 1.165) is 16.3 Å². The minimum atomic E-state index is -0.955. The predicted octanol–water partition coefficient (Wildman–Crippen LogP) is 3.51. The van der Waals surface area contributed by atoms with Crippen molar-refractivity contribution < 1.29 is 82.1 Å². The smallest absolute Gasteiger partial charge is 1.00 e. The van der Waals surface area contributed by atoms with E-state index in [1.807, 2.05) is 42.5 Å². The van der Waals surface area contributed by atoms with Crippen LogP contribution in [0.2, 0.25) is 5.02 Å². The van der Waals surface area contributed by atoms with Crippen molar-refractivity contribution in [2.45, 2.75) is 19.8 Å². The first-order chi connectivity index (χ1) is 18.7. The molecule has 0 aliphatic rings. The molecule has 9 heteroatoms. The fraction of sp³-hybridized carbons (Fsp3) is 0.129. The van der Waals surface area contributed by atoms with E-state index in [1.165, 1.54) is 4.57 Å². The monoisotopic (exact) mass is 583 g/mol. The molecule has 5 aromatic rings. The van der Waals surface area contributed by atoms with Gasteiger partial charge in [-0.3, -0.25) is 19.0 Å². The molecule has 0 amide bonds. The number of carbonyl (C=O) groups excluding carboxylic acids is 1. The number of rotatable bonds is 6. The van der Waals surface area contributed by atoms with Gasteiger partial charge in [-0.15, -0.1) is 0 Å². The Hall–Kier alpha value is -2.98. The number of hydrogen-bond acceptors (Lipinski definition) is 4. The van der Waals surface area contributed by atoms with E-state index in [4.69, 9.17) is 21.4 Å². The van der Waals surface area contributed by atoms with Crippen LogP contribution >= 0.6 is 11.6 Å². The summed E-state index contributed by atoms with van der Waals surface area (Å²) >= 11 is 5.89. The largest absolute Gasteiger partial charge is 1.00 e. The van der Waals surface area contributed by atoms with E-state index in [-0.39, 0.29) is 71.6 Å². The Morgan fingerprint density at radius 3 is 2.15 bits per heavy atom. The molecule has 0 radical (unpaired) electrons. The van der Waals surface area contributed by atoms with Crippen LogP contribution in [0.3, 0.4) is 0 Å². The predicted molar refractivity (Wildman–Crippen MR) is 152 cm³/mol. The van der Waals surface area contributed by atoms with Crippen molar-refractivity contribution in [2.24, 2.45) is 0 Å². The summed E-state index contributed by atoms with van der Waals surface area (Å²) in [5.41, 5.74) is 3.20. The van der Waals surface area contributed by atoms with E-state index in [9.17, 15) is 19.5 Å². The number of hydrogen-bond donors (Lipinski definition) is 2. The molecule has 0 saturated heterocycles. The Kier molecular flexibility index (Phi) is 11.1. The fourth-order valence-electron chi connectivity index (χ4n) is 4.56. The fourth-order valence-corrected chi connectivity index (χ4v) is 4.68. The van der Waals surface area contributed by atoms with Gasteiger partial charge in [-0.05, 0) is 71.3 Å². The average molecular weight is 584 g/mol. The molecule has 0 saturated carbocycles. The summed E-state index contributed by atoms with van der Waals surface area (Å²) in [5, 5.41) is 21.3. The standard InChI is InChI=1S/C19H16ClNO4.C12H10O2.K.H/c1-11-15(10-18(22)23)16-9-14(25-2)7-8-17(16)21(11)19(24)12-3-5-13(20)6-4-12;13-12(14)8-10-6-3-5-9-4-1-2-7-11(9)10;;/h3-9H,10H2,1-2H3,(H,22,23);1-7H,8H2,(H,13,14);;/q;;+1;-1. The van der Waals surface area contributed by atoms with Gasteiger partial charge in [0.15, 0.2) is 0 Å². The van der Waals surface area contributed by atoms with E-state index >= 15 is 0 Å². The van der Waals surface area contributed by atoms with Gasteiger partial charge in [0.1, 0.15) is 5.75 Å². The quantitative estimate of drug-likeness (QED) is 0.296. The van der Waals surface area contributed by atoms with Crippen LogP contribution in [0, 0.1) is 6.92 Å². The topological polar surface area (TPSA) is 106 Å². The van der Waals surface area contributed by atoms with Crippen molar-refractivity contribution >= 4 is 51.1 Å². The average Bonchev–Trinajstić information content (AvgIpc) is 3.18. The number of methoxy groups -OCH3 is 1. The Morgan fingerprint density at radius 2 is 1.50 bits per heavy atom. The van der Waals surface area contributed by atoms with Gasteiger partial charge in [-0.25, -0.2) is 0 Å². The van der Waals surface area contributed by atoms with Gasteiger partial charge < -0.3 is 16.4 Å². The molecular formula is C31H27ClKNO6. The molecule has 0 atom stereocenters. The summed E-state index contributed by atoms with van der Waals surface area (Å²) < 4.78 is 6.77. The van der Waals surface area contributed by atoms with Crippen LogP contribution in [0.4, 0.5) is 0 Å². The van der Waals surface area contributed by atoms with Crippen molar-refractivity contribution in [1.29, 1.82) is 0 Å². The van der Waals surface area contributed by atoms with Crippen molar-refractivity contribution in [2.75, 3.05) is 7.11 Å². The summed E-state index contributed by atoms with van der Waals surface area (Å²) in [6.45, 7) is 1.75. The number of fused-ring (bicyclic) bond motifs is 2. The summed E-state index contributed by atoms with van der Waals surface area (Å²) in [5.74, 6) is -1.37. The van der Waals surface area contributed by atoms with Crippen LogP contribution in [0.5, 0.6) is 5.75 Å². The van der Waals surface area contributed by atoms with Gasteiger partial charge in [-0.2, -0.15) is 0 Å². The maximum absolute atomic E-state index is 13.0. The van der Waals surface area contributed by atoms with E-state index < -0.39 is 11.9 Å². The Labute approximate surface area is 280 Å². The van der Waals surface area contributed by atoms with Crippen molar-refractivity contribution in [3.63, 3.8) is 0 Å². The molecule has 0 spiro atoms. The minimum absolute atomic E-state index is 0. The van der Waals surface area contributed by atoms with Gasteiger partial charge in [-0.1, -0.05) is 54.1 Å². The Balaban J connectivity index is 0.000000314. The molecule has 0 fully saturated rings. The molecule has 1 aromatic heterocycles. The van der Waals surface area contributed by atoms with E-state index in [0.29, 0.717) is 38.5 Å². The van der Waals surface area contributed by atoms with Gasteiger partial charge >= 0.3 is 63.3 Å². The Bertz CT molecular complexity index is 1700. The first kappa shape index (κ1) is 31.5. The molecule has 5 rings (SSSR count). The third kappa shape index (κ3) is 7.20. The number of ether oxygens (including phenoxy) is 1. The second-order valence-corrected chi connectivity index (χ2v) is 9.31. The number of carboxylic acid groups (broad SMARTS) is 2. The molecule has 1 heterocycles. The van der Waals surface area contributed by atoms with E-state index in [1.54, 1.807) is 56.5 Å². The molecular weight excluding hydrogens is 557 g/mol. The normalized spacial score (nSPS) is 10.4. The van der Waals surface area contributed by atoms with E-state index in [2.05, 4.69) is 0 Å². The van der Waals surface area contributed by atoms with Crippen LogP contribution < -0.4 is 56.1 Å². The molecule has 4 aromatic carbocycles. The van der Waals surface area contributed by atoms with Crippen LogP contribution in [-0.2, 0) is 22.4 Å². The minimum Gasteiger partial charge on any atom is -1.00 e. The second-order valence-electron chi connectivity index (χ2n) is 8.87. The zero-order valence-electron chi connectivity index (χ0n) is 23.3. The van der Waals surface area contributed by atoms with Crippen molar-refractivity contribution in [3.05, 3.63) is 112 Å². The molecule has 0 bridgehead atoms. The van der Waals surface area contributed by atoms with Crippen LogP contribution in [0.25, 0.3) is 21.7 Å². The van der Waals surface area contributed by atoms with Crippen LogP contribution in [0.15, 0.2) is 84.9 Å². The van der Waals surface area contributed by atoms with Crippen LogP contribution in [-0.4, -0.2) is 39.7 Å². The maximum Gasteiger partial charge on any atom is 1.00 e. The zero-order chi connectivity index (χ0) is 28.1. The Morgan fingerprint density at radius 1 is 0.850 bits per heavy atom. The maximum atomic E-state index is 13.0. The van der Waals surface area contributed by atoms with Gasteiger partial charge in [0.05, 0.1) is 25.5 Å². The first-order valence-corrected chi connectivity index (χ1v) is 12.5. The number of carboxylic acids is 2. The van der Waals surface area contributed by atoms with Crippen molar-refractivity contribution in [1.82, 2.24) is 4.57 Å². The van der Waals surface area contributed by atoms with Crippen LogP contribution in [0.1, 0.15) is 28.6 Å². The molecule has 0 aliphatic carbocycles. The van der Waals surface area contributed by atoms with Crippen molar-refractivity contribution in [3.8, 4) is 5.75 Å². The number of benzene rings is 4. The number of aromatic nitrogens is 1. The number of halogens is 1. The number of aliphatic carboxylic acids is 2. The summed E-state index contributed by atoms with van der Waals surface area (Å²) in [6, 6.07) is 25.4. The second kappa shape index (κ2) is 14.1. The summed E-state index contributed by atoms with van der Waals surface area (Å²) in [7, 11) is 1.54. The summed E-state index contributed by atoms with van der Waals surface area (Å²) in [4.78, 5) is 34.9. The van der Waals surface area contributed by atoms with Gasteiger partial charge in [0.25, 0.3) is 5.91 Å². The third-order valence-electron chi connectivity index (χ3n) is 6.39. The molecule has 7 nitrogen and oxygen atoms in total. The molecule has 0 unspecified atom stereocenters. The third-order valence-corrected chi connectivity index (χ3v) is 6.64. The first-order valence-electron chi connectivity index (χ1n) is 12.1. The number of nitrogens with zero attached hydrogens (tertiary/aromatic N) is 1. The summed E-state index contributed by atoms with van der Waals surface area (Å²) in [6.07, 6.45) is -0.0856. The zero-order valence-corrected chi connectivity index (χ0v) is 26.2. The van der Waals surface area contributed by atoms with Gasteiger partial charge in [0.2, 0.25) is 0 Å². The molecule has 0 aliphatic heterocycles. The molecule has 2 N–H and O–H groups in total. The SMILES string of the molecule is COc1ccc2c(c1)c(CC(=O)O)c(C)n2C(=O)c1ccc(Cl)cc1.O=C(O)Cc1cccc2ccccc12.[H-].[K+]. The molecule has 40 heavy (non-hydrogen) atoms. The molecule has 200 valence electrons. The van der Waals surface area contributed by atoms with Gasteiger partial charge in [0, 0.05) is 21.7 Å². The number of carbonyl (C=O) groups is 3.